The number of benzene rings is 1. The van der Waals surface area contributed by atoms with Crippen molar-refractivity contribution in [1.82, 2.24) is 0 Å². The molecule has 0 aliphatic rings. The monoisotopic (exact) mass is 206 g/mol. The fourth-order valence-electron chi connectivity index (χ4n) is 1.75. The lowest BCUT2D eigenvalue weighted by molar-refractivity contribution is 0.772. The topological polar surface area (TPSA) is 29.3 Å². The molecule has 0 spiro atoms. The molecule has 0 radical (unpaired) electrons. The number of aryl methyl sites for hydroxylation is 1. The van der Waals surface area contributed by atoms with E-state index in [0.717, 1.165) is 0 Å². The molecule has 1 aromatic rings. The first-order valence-corrected chi connectivity index (χ1v) is 5.46. The highest BCUT2D eigenvalue weighted by molar-refractivity contribution is 5.57. The van der Waals surface area contributed by atoms with Gasteiger partial charge in [0.15, 0.2) is 0 Å². The van der Waals surface area contributed by atoms with Gasteiger partial charge in [-0.3, -0.25) is 0 Å². The van der Waals surface area contributed by atoms with Crippen LogP contribution in [-0.4, -0.2) is 20.6 Å². The first-order valence-electron chi connectivity index (χ1n) is 5.46. The second-order valence-electron chi connectivity index (χ2n) is 4.51. The number of nitrogens with zero attached hydrogens (tertiary/aromatic N) is 1. The predicted molar refractivity (Wildman–Crippen MR) is 67.7 cm³/mol. The number of nitrogens with two attached hydrogens (primary N) is 1. The Balaban J connectivity index is 3.23. The summed E-state index contributed by atoms with van der Waals surface area (Å²) in [6.45, 7) is 7.20. The third-order valence-corrected chi connectivity index (χ3v) is 3.07. The van der Waals surface area contributed by atoms with Gasteiger partial charge in [0.05, 0.1) is 0 Å². The molecule has 0 saturated heterocycles. The van der Waals surface area contributed by atoms with Crippen LogP contribution in [0.3, 0.4) is 0 Å². The highest BCUT2D eigenvalue weighted by atomic mass is 15.1. The van der Waals surface area contributed by atoms with Gasteiger partial charge in [-0.2, -0.15) is 0 Å². The molecule has 1 aromatic carbocycles. The van der Waals surface area contributed by atoms with Crippen molar-refractivity contribution in [2.75, 3.05) is 25.5 Å². The molecule has 0 aliphatic heterocycles. The van der Waals surface area contributed by atoms with Crippen LogP contribution in [0.5, 0.6) is 0 Å². The molecular formula is C13H22N2. The fourth-order valence-corrected chi connectivity index (χ4v) is 1.75. The van der Waals surface area contributed by atoms with Crippen molar-refractivity contribution in [3.8, 4) is 0 Å². The van der Waals surface area contributed by atoms with Crippen molar-refractivity contribution in [3.63, 3.8) is 0 Å². The van der Waals surface area contributed by atoms with E-state index >= 15 is 0 Å². The summed E-state index contributed by atoms with van der Waals surface area (Å²) in [5.74, 6) is 0.433. The highest BCUT2D eigenvalue weighted by Crippen LogP contribution is 2.27. The number of hydrogen-bond donors (Lipinski definition) is 1. The minimum absolute atomic E-state index is 0.433. The maximum Gasteiger partial charge on any atom is 0.0396 e. The van der Waals surface area contributed by atoms with E-state index in [-0.39, 0.29) is 0 Å². The lowest BCUT2D eigenvalue weighted by atomic mass is 9.95. The van der Waals surface area contributed by atoms with E-state index in [1.807, 2.05) is 0 Å². The molecule has 2 N–H and O–H groups in total. The second kappa shape index (κ2) is 4.67. The summed E-state index contributed by atoms with van der Waals surface area (Å²) in [6, 6.07) is 4.50. The molecule has 15 heavy (non-hydrogen) atoms. The highest BCUT2D eigenvalue weighted by Gasteiger charge is 2.09. The Bertz CT molecular complexity index is 343. The van der Waals surface area contributed by atoms with Gasteiger partial charge in [-0.05, 0) is 49.1 Å². The normalized spacial score (nSPS) is 12.7. The van der Waals surface area contributed by atoms with Gasteiger partial charge in [-0.15, -0.1) is 0 Å². The zero-order valence-electron chi connectivity index (χ0n) is 10.5. The number of rotatable bonds is 3. The van der Waals surface area contributed by atoms with Crippen LogP contribution >= 0.6 is 0 Å². The molecule has 84 valence electrons. The van der Waals surface area contributed by atoms with Gasteiger partial charge < -0.3 is 10.6 Å². The summed E-state index contributed by atoms with van der Waals surface area (Å²) in [7, 11) is 4.16. The first-order chi connectivity index (χ1) is 6.97. The summed E-state index contributed by atoms with van der Waals surface area (Å²) in [5.41, 5.74) is 11.0. The molecule has 1 unspecified atom stereocenters. The second-order valence-corrected chi connectivity index (χ2v) is 4.51. The molecule has 0 bridgehead atoms. The van der Waals surface area contributed by atoms with E-state index in [1.165, 1.54) is 22.4 Å². The van der Waals surface area contributed by atoms with Gasteiger partial charge >= 0.3 is 0 Å². The molecule has 0 aromatic heterocycles. The minimum Gasteiger partial charge on any atom is -0.377 e. The quantitative estimate of drug-likeness (QED) is 0.823. The van der Waals surface area contributed by atoms with E-state index in [2.05, 4.69) is 51.9 Å². The maximum absolute atomic E-state index is 5.70. The molecule has 2 heteroatoms. The Morgan fingerprint density at radius 2 is 1.87 bits per heavy atom. The number of anilines is 1. The Labute approximate surface area is 93.1 Å². The van der Waals surface area contributed by atoms with Gasteiger partial charge in [-0.1, -0.05) is 13.0 Å². The Hall–Kier alpha value is -1.02. The van der Waals surface area contributed by atoms with Crippen molar-refractivity contribution in [1.29, 1.82) is 0 Å². The van der Waals surface area contributed by atoms with Gasteiger partial charge in [0.2, 0.25) is 0 Å². The van der Waals surface area contributed by atoms with Gasteiger partial charge in [-0.25, -0.2) is 0 Å². The molecule has 0 amide bonds. The molecule has 0 aliphatic carbocycles. The van der Waals surface area contributed by atoms with Crippen molar-refractivity contribution in [2.24, 2.45) is 5.73 Å². The molecule has 2 nitrogen and oxygen atoms in total. The van der Waals surface area contributed by atoms with Crippen molar-refractivity contribution in [2.45, 2.75) is 26.7 Å². The third-order valence-electron chi connectivity index (χ3n) is 3.07. The summed E-state index contributed by atoms with van der Waals surface area (Å²) in [6.07, 6.45) is 0. The molecule has 1 rings (SSSR count). The van der Waals surface area contributed by atoms with Gasteiger partial charge in [0, 0.05) is 19.8 Å². The van der Waals surface area contributed by atoms with E-state index in [1.54, 1.807) is 0 Å². The zero-order chi connectivity index (χ0) is 11.6. The summed E-state index contributed by atoms with van der Waals surface area (Å²) in [4.78, 5) is 2.16. The van der Waals surface area contributed by atoms with Gasteiger partial charge in [0.25, 0.3) is 0 Å². The van der Waals surface area contributed by atoms with Crippen LogP contribution in [0.15, 0.2) is 12.1 Å². The molecule has 0 saturated carbocycles. The largest absolute Gasteiger partial charge is 0.377 e. The van der Waals surface area contributed by atoms with Gasteiger partial charge in [0.1, 0.15) is 0 Å². The molecule has 0 fully saturated rings. The van der Waals surface area contributed by atoms with Crippen molar-refractivity contribution < 1.29 is 0 Å². The molecule has 0 heterocycles. The predicted octanol–water partition coefficient (Wildman–Crippen LogP) is 2.43. The summed E-state index contributed by atoms with van der Waals surface area (Å²) >= 11 is 0. The van der Waals surface area contributed by atoms with Crippen LogP contribution in [0.4, 0.5) is 5.69 Å². The smallest absolute Gasteiger partial charge is 0.0396 e. The standard InChI is InChI=1S/C13H22N2/c1-9-6-12(10(2)8-14)7-13(11(9)3)15(4)5/h6-7,10H,8,14H2,1-5H3. The molecular weight excluding hydrogens is 184 g/mol. The van der Waals surface area contributed by atoms with Crippen LogP contribution < -0.4 is 10.6 Å². The fraction of sp³-hybridized carbons (Fsp3) is 0.538. The zero-order valence-corrected chi connectivity index (χ0v) is 10.5. The lowest BCUT2D eigenvalue weighted by Crippen LogP contribution is -2.14. The van der Waals surface area contributed by atoms with Crippen LogP contribution in [0.25, 0.3) is 0 Å². The average molecular weight is 206 g/mol. The van der Waals surface area contributed by atoms with E-state index in [9.17, 15) is 0 Å². The summed E-state index contributed by atoms with van der Waals surface area (Å²) in [5, 5.41) is 0. The van der Waals surface area contributed by atoms with Crippen LogP contribution in [-0.2, 0) is 0 Å². The van der Waals surface area contributed by atoms with Crippen LogP contribution in [0, 0.1) is 13.8 Å². The van der Waals surface area contributed by atoms with Crippen molar-refractivity contribution >= 4 is 5.69 Å². The van der Waals surface area contributed by atoms with Crippen LogP contribution in [0.2, 0.25) is 0 Å². The summed E-state index contributed by atoms with van der Waals surface area (Å²) < 4.78 is 0. The molecule has 1 atom stereocenters. The Morgan fingerprint density at radius 3 is 2.33 bits per heavy atom. The lowest BCUT2D eigenvalue weighted by Gasteiger charge is -2.20. The SMILES string of the molecule is Cc1cc(C(C)CN)cc(N(C)C)c1C. The first kappa shape index (κ1) is 12.1. The Morgan fingerprint density at radius 1 is 1.27 bits per heavy atom. The van der Waals surface area contributed by atoms with E-state index < -0.39 is 0 Å². The maximum atomic E-state index is 5.70. The number of hydrogen-bond acceptors (Lipinski definition) is 2. The van der Waals surface area contributed by atoms with E-state index in [0.29, 0.717) is 12.5 Å². The minimum atomic E-state index is 0.433. The van der Waals surface area contributed by atoms with Crippen molar-refractivity contribution in [3.05, 3.63) is 28.8 Å². The third kappa shape index (κ3) is 2.51. The van der Waals surface area contributed by atoms with E-state index in [4.69, 9.17) is 5.73 Å². The Kier molecular flexibility index (Phi) is 3.75. The average Bonchev–Trinajstić information content (AvgIpc) is 2.20. The van der Waals surface area contributed by atoms with Crippen LogP contribution in [0.1, 0.15) is 29.5 Å².